The lowest BCUT2D eigenvalue weighted by Gasteiger charge is -2.29. The van der Waals surface area contributed by atoms with E-state index in [0.717, 1.165) is 23.9 Å². The number of ether oxygens (including phenoxy) is 2. The monoisotopic (exact) mass is 611 g/mol. The number of halogens is 2. The fourth-order valence-corrected chi connectivity index (χ4v) is 6.18. The summed E-state index contributed by atoms with van der Waals surface area (Å²) in [6.45, 7) is 0.866. The number of nitrogens with zero attached hydrogens (tertiary/aromatic N) is 2. The second-order valence-electron chi connectivity index (χ2n) is 8.89. The molecule has 1 aromatic heterocycles. The van der Waals surface area contributed by atoms with Crippen LogP contribution in [0.4, 0.5) is 26.2 Å². The van der Waals surface area contributed by atoms with Crippen LogP contribution < -0.4 is 29.7 Å². The molecule has 3 N–H and O–H groups in total. The third kappa shape index (κ3) is 6.75. The Morgan fingerprint density at radius 1 is 1.20 bits per heavy atom. The Morgan fingerprint density at radius 2 is 1.98 bits per heavy atom. The minimum absolute atomic E-state index is 0.0525. The van der Waals surface area contributed by atoms with Crippen molar-refractivity contribution >= 4 is 62.0 Å². The van der Waals surface area contributed by atoms with Crippen molar-refractivity contribution in [2.24, 2.45) is 0 Å². The highest BCUT2D eigenvalue weighted by atomic mass is 35.5. The van der Waals surface area contributed by atoms with E-state index in [9.17, 15) is 22.4 Å². The van der Waals surface area contributed by atoms with Crippen molar-refractivity contribution in [2.75, 3.05) is 56.6 Å². The lowest BCUT2D eigenvalue weighted by atomic mass is 10.1. The average molecular weight is 612 g/mol. The van der Waals surface area contributed by atoms with Gasteiger partial charge in [0.25, 0.3) is 15.9 Å². The van der Waals surface area contributed by atoms with Gasteiger partial charge in [-0.3, -0.25) is 9.69 Å². The summed E-state index contributed by atoms with van der Waals surface area (Å²) < 4.78 is 53.1. The lowest BCUT2D eigenvalue weighted by Crippen LogP contribution is -2.39. The molecule has 214 valence electrons. The number of amides is 3. The first kappa shape index (κ1) is 29.4. The largest absolute Gasteiger partial charge is 0.491 e. The summed E-state index contributed by atoms with van der Waals surface area (Å²) in [4.78, 5) is 29.1. The molecule has 3 aromatic rings. The van der Waals surface area contributed by atoms with Crippen LogP contribution in [0.25, 0.3) is 0 Å². The fraction of sp³-hybridized carbons (Fsp3) is 0.280. The molecule has 2 heterocycles. The Morgan fingerprint density at radius 3 is 2.65 bits per heavy atom. The quantitative estimate of drug-likeness (QED) is 0.287. The van der Waals surface area contributed by atoms with Crippen LogP contribution in [0.1, 0.15) is 16.8 Å². The van der Waals surface area contributed by atoms with Gasteiger partial charge in [-0.25, -0.2) is 22.3 Å². The maximum atomic E-state index is 14.4. The molecule has 3 amide bonds. The van der Waals surface area contributed by atoms with Gasteiger partial charge in [-0.05, 0) is 50.8 Å². The average Bonchev–Trinajstić information content (AvgIpc) is 3.34. The van der Waals surface area contributed by atoms with E-state index in [4.69, 9.17) is 21.1 Å². The summed E-state index contributed by atoms with van der Waals surface area (Å²) in [5.74, 6) is -0.649. The number of nitrogens with one attached hydrogen (secondary N) is 3. The van der Waals surface area contributed by atoms with Crippen molar-refractivity contribution < 1.29 is 31.9 Å². The van der Waals surface area contributed by atoms with Crippen LogP contribution in [0.2, 0.25) is 4.34 Å². The second-order valence-corrected chi connectivity index (χ2v) is 12.5. The number of sulfonamides is 1. The van der Waals surface area contributed by atoms with E-state index in [2.05, 4.69) is 10.6 Å². The molecule has 0 radical (unpaired) electrons. The van der Waals surface area contributed by atoms with Gasteiger partial charge >= 0.3 is 6.03 Å². The highest BCUT2D eigenvalue weighted by Crippen LogP contribution is 2.36. The molecule has 0 saturated carbocycles. The number of hydrogen-bond acceptors (Lipinski definition) is 9. The summed E-state index contributed by atoms with van der Waals surface area (Å²) in [5, 5.41) is 5.19. The molecular weight excluding hydrogens is 585 g/mol. The first-order chi connectivity index (χ1) is 19.0. The summed E-state index contributed by atoms with van der Waals surface area (Å²) in [6.07, 6.45) is 0.655. The van der Waals surface area contributed by atoms with Crippen LogP contribution in [0.15, 0.2) is 46.7 Å². The number of carbonyl (C=O) groups excluding carboxylic acids is 2. The maximum Gasteiger partial charge on any atom is 0.333 e. The number of thiophene rings is 1. The number of rotatable bonds is 10. The number of urea groups is 1. The molecule has 1 aliphatic rings. The number of benzene rings is 2. The van der Waals surface area contributed by atoms with Crippen molar-refractivity contribution in [3.63, 3.8) is 0 Å². The molecule has 11 nitrogen and oxygen atoms in total. The number of fused-ring (bicyclic) bond motifs is 1. The highest BCUT2D eigenvalue weighted by Gasteiger charge is 2.29. The van der Waals surface area contributed by atoms with Crippen molar-refractivity contribution in [3.8, 4) is 11.5 Å². The zero-order valence-corrected chi connectivity index (χ0v) is 24.2. The van der Waals surface area contributed by atoms with Gasteiger partial charge in [0, 0.05) is 25.7 Å². The molecule has 0 fully saturated rings. The van der Waals surface area contributed by atoms with Crippen molar-refractivity contribution in [2.45, 2.75) is 10.6 Å². The number of anilines is 3. The van der Waals surface area contributed by atoms with E-state index in [0.29, 0.717) is 12.1 Å². The lowest BCUT2D eigenvalue weighted by molar-refractivity contribution is 0.0936. The van der Waals surface area contributed by atoms with E-state index in [-0.39, 0.29) is 50.3 Å². The van der Waals surface area contributed by atoms with Gasteiger partial charge in [0.15, 0.2) is 6.73 Å². The Kier molecular flexibility index (Phi) is 9.03. The molecular formula is C25H27ClFN5O6S2. The number of carbonyl (C=O) groups is 2. The molecule has 0 saturated heterocycles. The van der Waals surface area contributed by atoms with E-state index in [1.54, 1.807) is 7.05 Å². The van der Waals surface area contributed by atoms with Gasteiger partial charge in [-0.1, -0.05) is 11.6 Å². The third-order valence-electron chi connectivity index (χ3n) is 5.74. The molecule has 4 rings (SSSR count). The van der Waals surface area contributed by atoms with E-state index in [1.165, 1.54) is 41.3 Å². The third-order valence-corrected chi connectivity index (χ3v) is 8.79. The maximum absolute atomic E-state index is 14.4. The molecule has 0 atom stereocenters. The molecule has 15 heteroatoms. The molecule has 1 aliphatic heterocycles. The Hall–Kier alpha value is -3.59. The van der Waals surface area contributed by atoms with Gasteiger partial charge < -0.3 is 25.0 Å². The minimum atomic E-state index is -4.15. The standard InChI is InChI=1S/C25H27ClFN5O6S2/c1-28-19-13-20-16(12-17(19)27)24(33)32(14-38-20)15-5-6-18(21(11-15)37-10-4-9-31(2)3)29-25(34)30-40(35,36)23-8-7-22(26)39-23/h5-8,11-13,28H,4,9-10,14H2,1-3H3,(H2,29,30,34). The van der Waals surface area contributed by atoms with Crippen LogP contribution in [-0.2, 0) is 10.0 Å². The Balaban J connectivity index is 1.57. The topological polar surface area (TPSA) is 129 Å². The van der Waals surface area contributed by atoms with Crippen molar-refractivity contribution in [1.29, 1.82) is 0 Å². The van der Waals surface area contributed by atoms with Gasteiger partial charge in [0.2, 0.25) is 0 Å². The van der Waals surface area contributed by atoms with E-state index >= 15 is 0 Å². The normalized spacial score (nSPS) is 13.1. The first-order valence-corrected chi connectivity index (χ1v) is 14.6. The van der Waals surface area contributed by atoms with Crippen LogP contribution in [0.3, 0.4) is 0 Å². The summed E-state index contributed by atoms with van der Waals surface area (Å²) in [7, 11) is 1.25. The van der Waals surface area contributed by atoms with Gasteiger partial charge in [-0.2, -0.15) is 0 Å². The second kappa shape index (κ2) is 12.3. The van der Waals surface area contributed by atoms with Crippen molar-refractivity contribution in [1.82, 2.24) is 9.62 Å². The smallest absolute Gasteiger partial charge is 0.333 e. The SMILES string of the molecule is CNc1cc2c(cc1F)C(=O)N(c1ccc(NC(=O)NS(=O)(=O)c3ccc(Cl)s3)c(OCCCN(C)C)c1)CO2. The van der Waals surface area contributed by atoms with Crippen LogP contribution >= 0.6 is 22.9 Å². The number of hydrogen-bond donors (Lipinski definition) is 3. The molecule has 2 aromatic carbocycles. The minimum Gasteiger partial charge on any atom is -0.491 e. The predicted octanol–water partition coefficient (Wildman–Crippen LogP) is 4.42. The van der Waals surface area contributed by atoms with Crippen LogP contribution in [0.5, 0.6) is 11.5 Å². The van der Waals surface area contributed by atoms with E-state index < -0.39 is 27.8 Å². The molecule has 0 spiro atoms. The summed E-state index contributed by atoms with van der Waals surface area (Å²) >= 11 is 6.63. The molecule has 0 bridgehead atoms. The zero-order chi connectivity index (χ0) is 29.0. The summed E-state index contributed by atoms with van der Waals surface area (Å²) in [6, 6.07) is 8.73. The molecule has 40 heavy (non-hydrogen) atoms. The highest BCUT2D eigenvalue weighted by molar-refractivity contribution is 7.92. The van der Waals surface area contributed by atoms with Crippen LogP contribution in [-0.4, -0.2) is 66.3 Å². The Labute approximate surface area is 239 Å². The Bertz CT molecular complexity index is 1530. The van der Waals surface area contributed by atoms with Gasteiger partial charge in [0.05, 0.1) is 33.6 Å². The van der Waals surface area contributed by atoms with Crippen molar-refractivity contribution in [3.05, 3.63) is 58.2 Å². The van der Waals surface area contributed by atoms with Crippen LogP contribution in [0, 0.1) is 5.82 Å². The summed E-state index contributed by atoms with van der Waals surface area (Å²) in [5.41, 5.74) is 0.784. The molecule has 0 aliphatic carbocycles. The molecule has 0 unspecified atom stereocenters. The zero-order valence-electron chi connectivity index (χ0n) is 21.8. The first-order valence-electron chi connectivity index (χ1n) is 11.9. The predicted molar refractivity (Wildman–Crippen MR) is 152 cm³/mol. The van der Waals surface area contributed by atoms with Gasteiger partial charge in [-0.15, -0.1) is 11.3 Å². The fourth-order valence-electron chi connectivity index (χ4n) is 3.79. The van der Waals surface area contributed by atoms with E-state index in [1.807, 2.05) is 23.7 Å². The van der Waals surface area contributed by atoms with Gasteiger partial charge in [0.1, 0.15) is 21.5 Å².